The van der Waals surface area contributed by atoms with Crippen molar-refractivity contribution in [2.45, 2.75) is 18.2 Å². The molecule has 1 aromatic carbocycles. The van der Waals surface area contributed by atoms with Crippen molar-refractivity contribution in [2.24, 2.45) is 0 Å². The summed E-state index contributed by atoms with van der Waals surface area (Å²) in [7, 11) is 0. The van der Waals surface area contributed by atoms with Crippen LogP contribution in [-0.2, 0) is 0 Å². The first kappa shape index (κ1) is 14.3. The van der Waals surface area contributed by atoms with Crippen LogP contribution in [0.15, 0.2) is 53.6 Å². The van der Waals surface area contributed by atoms with Crippen LogP contribution in [0.1, 0.15) is 22.6 Å². The molecule has 2 aromatic heterocycles. The van der Waals surface area contributed by atoms with Gasteiger partial charge in [-0.3, -0.25) is 4.79 Å². The number of carbonyl (C=O) groups is 1. The molecule has 0 N–H and O–H groups in total. The predicted octanol–water partition coefficient (Wildman–Crippen LogP) is 3.79. The number of fused-ring (bicyclic) bond motifs is 2. The Morgan fingerprint density at radius 3 is 2.91 bits per heavy atom. The van der Waals surface area contributed by atoms with Crippen molar-refractivity contribution in [3.63, 3.8) is 0 Å². The SMILES string of the molecule is Cc1cccc2nc(C(=O)N3CCCSc4ccccc43)cn12. The van der Waals surface area contributed by atoms with Crippen molar-refractivity contribution in [3.05, 3.63) is 60.0 Å². The number of hydrogen-bond acceptors (Lipinski definition) is 3. The van der Waals surface area contributed by atoms with Gasteiger partial charge >= 0.3 is 0 Å². The standard InChI is InChI=1S/C18H17N3OS/c1-13-6-4-9-17-19-14(12-21(13)17)18(22)20-10-5-11-23-16-8-3-2-7-15(16)20/h2-4,6-9,12H,5,10-11H2,1H3. The number of nitrogens with zero attached hydrogens (tertiary/aromatic N) is 3. The Morgan fingerprint density at radius 1 is 1.17 bits per heavy atom. The Hall–Kier alpha value is -2.27. The normalized spacial score (nSPS) is 14.6. The number of thioether (sulfide) groups is 1. The van der Waals surface area contributed by atoms with Gasteiger partial charge in [0.1, 0.15) is 11.3 Å². The fourth-order valence-electron chi connectivity index (χ4n) is 2.93. The molecule has 1 amide bonds. The van der Waals surface area contributed by atoms with Crippen LogP contribution in [0.2, 0.25) is 0 Å². The summed E-state index contributed by atoms with van der Waals surface area (Å²) < 4.78 is 1.96. The van der Waals surface area contributed by atoms with Crippen molar-refractivity contribution >= 4 is 29.0 Å². The summed E-state index contributed by atoms with van der Waals surface area (Å²) in [6.07, 6.45) is 2.82. The molecule has 1 aliphatic heterocycles. The fraction of sp³-hybridized carbons (Fsp3) is 0.222. The molecule has 23 heavy (non-hydrogen) atoms. The van der Waals surface area contributed by atoms with E-state index < -0.39 is 0 Å². The highest BCUT2D eigenvalue weighted by Crippen LogP contribution is 2.34. The predicted molar refractivity (Wildman–Crippen MR) is 93.4 cm³/mol. The first-order chi connectivity index (χ1) is 11.2. The second-order valence-electron chi connectivity index (χ2n) is 5.65. The van der Waals surface area contributed by atoms with E-state index >= 15 is 0 Å². The zero-order valence-corrected chi connectivity index (χ0v) is 13.7. The summed E-state index contributed by atoms with van der Waals surface area (Å²) in [4.78, 5) is 20.6. The van der Waals surface area contributed by atoms with Gasteiger partial charge in [0.2, 0.25) is 0 Å². The molecule has 0 fully saturated rings. The number of para-hydroxylation sites is 1. The molecule has 0 unspecified atom stereocenters. The molecular formula is C18H17N3OS. The van der Waals surface area contributed by atoms with E-state index in [0.29, 0.717) is 5.69 Å². The van der Waals surface area contributed by atoms with E-state index in [1.165, 1.54) is 4.90 Å². The molecule has 5 heteroatoms. The monoisotopic (exact) mass is 323 g/mol. The Morgan fingerprint density at radius 2 is 2.04 bits per heavy atom. The number of pyridine rings is 1. The third-order valence-electron chi connectivity index (χ3n) is 4.10. The number of benzene rings is 1. The molecule has 0 saturated heterocycles. The molecule has 0 aliphatic carbocycles. The van der Waals surface area contributed by atoms with Gasteiger partial charge in [-0.15, -0.1) is 11.8 Å². The number of aryl methyl sites for hydroxylation is 1. The van der Waals surface area contributed by atoms with Crippen molar-refractivity contribution in [2.75, 3.05) is 17.2 Å². The van der Waals surface area contributed by atoms with Gasteiger partial charge in [-0.05, 0) is 43.4 Å². The Balaban J connectivity index is 1.77. The number of aromatic nitrogens is 2. The van der Waals surface area contributed by atoms with Gasteiger partial charge in [0.05, 0.1) is 5.69 Å². The summed E-state index contributed by atoms with van der Waals surface area (Å²) in [6.45, 7) is 2.75. The van der Waals surface area contributed by atoms with Crippen molar-refractivity contribution < 1.29 is 4.79 Å². The second-order valence-corrected chi connectivity index (χ2v) is 6.78. The van der Waals surface area contributed by atoms with E-state index in [9.17, 15) is 4.79 Å². The van der Waals surface area contributed by atoms with Crippen LogP contribution < -0.4 is 4.90 Å². The summed E-state index contributed by atoms with van der Waals surface area (Å²) in [5.41, 5.74) is 3.38. The van der Waals surface area contributed by atoms with Crippen LogP contribution in [0.4, 0.5) is 5.69 Å². The van der Waals surface area contributed by atoms with E-state index in [1.54, 1.807) is 0 Å². The number of hydrogen-bond donors (Lipinski definition) is 0. The number of imidazole rings is 1. The highest BCUT2D eigenvalue weighted by Gasteiger charge is 2.24. The lowest BCUT2D eigenvalue weighted by Crippen LogP contribution is -2.32. The molecule has 4 nitrogen and oxygen atoms in total. The molecule has 0 bridgehead atoms. The van der Waals surface area contributed by atoms with Gasteiger partial charge in [-0.1, -0.05) is 18.2 Å². The third-order valence-corrected chi connectivity index (χ3v) is 5.25. The van der Waals surface area contributed by atoms with Gasteiger partial charge in [0.25, 0.3) is 5.91 Å². The number of amides is 1. The maximum atomic E-state index is 13.0. The Labute approximate surface area is 139 Å². The molecule has 0 saturated carbocycles. The van der Waals surface area contributed by atoms with Gasteiger partial charge in [-0.25, -0.2) is 4.98 Å². The van der Waals surface area contributed by atoms with Gasteiger partial charge in [0.15, 0.2) is 0 Å². The van der Waals surface area contributed by atoms with E-state index in [0.717, 1.165) is 35.7 Å². The largest absolute Gasteiger partial charge is 0.306 e. The third kappa shape index (κ3) is 2.51. The molecule has 0 atom stereocenters. The van der Waals surface area contributed by atoms with E-state index in [1.807, 2.05) is 70.6 Å². The van der Waals surface area contributed by atoms with E-state index in [2.05, 4.69) is 11.1 Å². The average molecular weight is 323 g/mol. The number of rotatable bonds is 1. The van der Waals surface area contributed by atoms with E-state index in [-0.39, 0.29) is 5.91 Å². The molecule has 116 valence electrons. The minimum absolute atomic E-state index is 0.0250. The van der Waals surface area contributed by atoms with Crippen LogP contribution in [-0.4, -0.2) is 27.6 Å². The highest BCUT2D eigenvalue weighted by molar-refractivity contribution is 7.99. The highest BCUT2D eigenvalue weighted by atomic mass is 32.2. The zero-order valence-electron chi connectivity index (χ0n) is 12.9. The van der Waals surface area contributed by atoms with Crippen LogP contribution in [0.3, 0.4) is 0 Å². The van der Waals surface area contributed by atoms with Crippen LogP contribution in [0, 0.1) is 6.92 Å². The smallest absolute Gasteiger partial charge is 0.278 e. The Bertz CT molecular complexity index is 887. The molecule has 3 aromatic rings. The second kappa shape index (κ2) is 5.74. The lowest BCUT2D eigenvalue weighted by Gasteiger charge is -2.21. The molecule has 1 aliphatic rings. The fourth-order valence-corrected chi connectivity index (χ4v) is 3.92. The minimum Gasteiger partial charge on any atom is -0.306 e. The maximum absolute atomic E-state index is 13.0. The van der Waals surface area contributed by atoms with Crippen molar-refractivity contribution in [3.8, 4) is 0 Å². The van der Waals surface area contributed by atoms with Crippen LogP contribution in [0.25, 0.3) is 5.65 Å². The topological polar surface area (TPSA) is 37.6 Å². The van der Waals surface area contributed by atoms with Gasteiger partial charge in [-0.2, -0.15) is 0 Å². The van der Waals surface area contributed by atoms with Crippen LogP contribution >= 0.6 is 11.8 Å². The van der Waals surface area contributed by atoms with Gasteiger partial charge < -0.3 is 9.30 Å². The van der Waals surface area contributed by atoms with Crippen molar-refractivity contribution in [1.29, 1.82) is 0 Å². The molecule has 0 radical (unpaired) electrons. The van der Waals surface area contributed by atoms with Gasteiger partial charge in [0, 0.05) is 23.3 Å². The molecule has 3 heterocycles. The molecule has 4 rings (SSSR count). The minimum atomic E-state index is -0.0250. The van der Waals surface area contributed by atoms with Crippen LogP contribution in [0.5, 0.6) is 0 Å². The summed E-state index contributed by atoms with van der Waals surface area (Å²) in [5, 5.41) is 0. The first-order valence-electron chi connectivity index (χ1n) is 7.72. The zero-order chi connectivity index (χ0) is 15.8. The average Bonchev–Trinajstić information content (AvgIpc) is 2.89. The van der Waals surface area contributed by atoms with E-state index in [4.69, 9.17) is 0 Å². The first-order valence-corrected chi connectivity index (χ1v) is 8.71. The number of carbonyl (C=O) groups excluding carboxylic acids is 1. The molecule has 0 spiro atoms. The number of anilines is 1. The summed E-state index contributed by atoms with van der Waals surface area (Å²) in [6, 6.07) is 14.0. The summed E-state index contributed by atoms with van der Waals surface area (Å²) in [5.74, 6) is 1.01. The molecular weight excluding hydrogens is 306 g/mol. The lowest BCUT2D eigenvalue weighted by atomic mass is 10.2. The summed E-state index contributed by atoms with van der Waals surface area (Å²) >= 11 is 1.81. The quantitative estimate of drug-likeness (QED) is 0.684. The lowest BCUT2D eigenvalue weighted by molar-refractivity contribution is 0.0982. The van der Waals surface area contributed by atoms with Crippen molar-refractivity contribution in [1.82, 2.24) is 9.38 Å². The Kier molecular flexibility index (Phi) is 3.58. The maximum Gasteiger partial charge on any atom is 0.278 e.